The van der Waals surface area contributed by atoms with E-state index in [0.717, 1.165) is 43.0 Å². The zero-order valence-corrected chi connectivity index (χ0v) is 18.3. The molecule has 6 nitrogen and oxygen atoms in total. The Kier molecular flexibility index (Phi) is 7.50. The van der Waals surface area contributed by atoms with Crippen LogP contribution in [0.25, 0.3) is 0 Å². The summed E-state index contributed by atoms with van der Waals surface area (Å²) in [6, 6.07) is 6.77. The number of aromatic nitrogens is 1. The van der Waals surface area contributed by atoms with Crippen molar-refractivity contribution in [3.05, 3.63) is 39.9 Å². The third kappa shape index (κ3) is 5.58. The lowest BCUT2D eigenvalue weighted by atomic mass is 9.97. The molecule has 0 aromatic carbocycles. The fourth-order valence-electron chi connectivity index (χ4n) is 3.50. The van der Waals surface area contributed by atoms with Gasteiger partial charge in [0.05, 0.1) is 18.3 Å². The summed E-state index contributed by atoms with van der Waals surface area (Å²) in [5, 5.41) is 13.1. The lowest BCUT2D eigenvalue weighted by Gasteiger charge is -2.36. The smallest absolute Gasteiger partial charge is 0.191 e. The number of rotatable bonds is 7. The zero-order valence-electron chi connectivity index (χ0n) is 17.4. The van der Waals surface area contributed by atoms with Crippen LogP contribution in [0.2, 0.25) is 0 Å². The second-order valence-corrected chi connectivity index (χ2v) is 8.91. The molecule has 7 heteroatoms. The minimum Gasteiger partial charge on any atom is -0.359 e. The molecular formula is C21H33N5OS. The molecule has 3 heterocycles. The number of nitrogens with zero attached hydrogens (tertiary/aromatic N) is 3. The average molecular weight is 404 g/mol. The molecule has 2 aromatic heterocycles. The first-order chi connectivity index (χ1) is 13.6. The van der Waals surface area contributed by atoms with Gasteiger partial charge in [0.25, 0.3) is 0 Å². The van der Waals surface area contributed by atoms with Crippen LogP contribution in [0.3, 0.4) is 0 Å². The summed E-state index contributed by atoms with van der Waals surface area (Å²) in [5.41, 5.74) is 0.983. The van der Waals surface area contributed by atoms with E-state index in [1.807, 2.05) is 17.4 Å². The van der Waals surface area contributed by atoms with Crippen molar-refractivity contribution in [1.29, 1.82) is 0 Å². The predicted molar refractivity (Wildman–Crippen MR) is 116 cm³/mol. The van der Waals surface area contributed by atoms with Crippen molar-refractivity contribution in [3.63, 3.8) is 0 Å². The number of nitrogens with one attached hydrogen (secondary N) is 2. The van der Waals surface area contributed by atoms with Gasteiger partial charge in [0.15, 0.2) is 11.7 Å². The van der Waals surface area contributed by atoms with Crippen LogP contribution in [0.5, 0.6) is 0 Å². The van der Waals surface area contributed by atoms with Gasteiger partial charge < -0.3 is 15.2 Å². The SMILES string of the molecule is CN=C(NCc1cc(C(C)C)no1)NCC(c1cccs1)N1CCC(C)CC1. The quantitative estimate of drug-likeness (QED) is 0.540. The Hall–Kier alpha value is -1.86. The number of aliphatic imine (C=N–C) groups is 1. The van der Waals surface area contributed by atoms with Crippen LogP contribution in [0.1, 0.15) is 61.9 Å². The Labute approximate surface area is 172 Å². The highest BCUT2D eigenvalue weighted by Gasteiger charge is 2.25. The summed E-state index contributed by atoms with van der Waals surface area (Å²) < 4.78 is 5.41. The molecule has 2 aromatic rings. The first-order valence-electron chi connectivity index (χ1n) is 10.2. The van der Waals surface area contributed by atoms with E-state index < -0.39 is 0 Å². The Bertz CT molecular complexity index is 732. The van der Waals surface area contributed by atoms with Crippen LogP contribution in [0, 0.1) is 5.92 Å². The minimum atomic E-state index is 0.369. The van der Waals surface area contributed by atoms with Crippen LogP contribution in [-0.4, -0.2) is 42.7 Å². The van der Waals surface area contributed by atoms with E-state index in [2.05, 4.69) is 64.0 Å². The molecule has 1 atom stereocenters. The molecule has 1 saturated heterocycles. The zero-order chi connectivity index (χ0) is 19.9. The number of guanidine groups is 1. The minimum absolute atomic E-state index is 0.369. The first kappa shape index (κ1) is 20.9. The van der Waals surface area contributed by atoms with Gasteiger partial charge in [0, 0.05) is 24.5 Å². The van der Waals surface area contributed by atoms with Gasteiger partial charge in [-0.25, -0.2) is 0 Å². The monoisotopic (exact) mass is 403 g/mol. The molecule has 2 N–H and O–H groups in total. The molecule has 3 rings (SSSR count). The van der Waals surface area contributed by atoms with Crippen molar-refractivity contribution in [2.45, 2.75) is 52.1 Å². The van der Waals surface area contributed by atoms with Crippen LogP contribution in [0.4, 0.5) is 0 Å². The lowest BCUT2D eigenvalue weighted by Crippen LogP contribution is -2.44. The van der Waals surface area contributed by atoms with Crippen molar-refractivity contribution in [3.8, 4) is 0 Å². The largest absolute Gasteiger partial charge is 0.359 e. The second kappa shape index (κ2) is 10.1. The molecule has 28 heavy (non-hydrogen) atoms. The maximum atomic E-state index is 5.41. The number of piperidine rings is 1. The van der Waals surface area contributed by atoms with Gasteiger partial charge in [0.2, 0.25) is 0 Å². The maximum absolute atomic E-state index is 5.41. The van der Waals surface area contributed by atoms with E-state index in [1.54, 1.807) is 7.05 Å². The topological polar surface area (TPSA) is 65.7 Å². The van der Waals surface area contributed by atoms with Gasteiger partial charge in [-0.3, -0.25) is 9.89 Å². The normalized spacial score (nSPS) is 17.8. The fraction of sp³-hybridized carbons (Fsp3) is 0.619. The molecule has 1 unspecified atom stereocenters. The third-order valence-electron chi connectivity index (χ3n) is 5.42. The lowest BCUT2D eigenvalue weighted by molar-refractivity contribution is 0.140. The van der Waals surface area contributed by atoms with E-state index in [1.165, 1.54) is 17.7 Å². The molecule has 1 aliphatic heterocycles. The van der Waals surface area contributed by atoms with Crippen LogP contribution < -0.4 is 10.6 Å². The molecule has 0 bridgehead atoms. The van der Waals surface area contributed by atoms with E-state index in [0.29, 0.717) is 18.5 Å². The number of hydrogen-bond acceptors (Lipinski definition) is 5. The van der Waals surface area contributed by atoms with Gasteiger partial charge >= 0.3 is 0 Å². The predicted octanol–water partition coefficient (Wildman–Crippen LogP) is 4.00. The molecule has 0 amide bonds. The summed E-state index contributed by atoms with van der Waals surface area (Å²) in [4.78, 5) is 8.39. The molecule has 1 fully saturated rings. The van der Waals surface area contributed by atoms with Crippen LogP contribution >= 0.6 is 11.3 Å². The Balaban J connectivity index is 1.56. The van der Waals surface area contributed by atoms with Gasteiger partial charge in [-0.05, 0) is 49.2 Å². The molecule has 0 radical (unpaired) electrons. The maximum Gasteiger partial charge on any atom is 0.191 e. The highest BCUT2D eigenvalue weighted by Crippen LogP contribution is 2.29. The summed E-state index contributed by atoms with van der Waals surface area (Å²) in [6.07, 6.45) is 2.55. The van der Waals surface area contributed by atoms with Gasteiger partial charge in [-0.15, -0.1) is 11.3 Å². The van der Waals surface area contributed by atoms with Gasteiger partial charge in [0.1, 0.15) is 0 Å². The molecule has 0 aliphatic carbocycles. The number of hydrogen-bond donors (Lipinski definition) is 2. The molecule has 1 aliphatic rings. The molecule has 154 valence electrons. The van der Waals surface area contributed by atoms with E-state index in [4.69, 9.17) is 4.52 Å². The van der Waals surface area contributed by atoms with E-state index in [9.17, 15) is 0 Å². The van der Waals surface area contributed by atoms with Crippen molar-refractivity contribution in [2.75, 3.05) is 26.7 Å². The number of likely N-dealkylation sites (tertiary alicyclic amines) is 1. The van der Waals surface area contributed by atoms with Gasteiger partial charge in [-0.2, -0.15) is 0 Å². The summed E-state index contributed by atoms with van der Waals surface area (Å²) >= 11 is 1.84. The number of thiophene rings is 1. The van der Waals surface area contributed by atoms with Crippen molar-refractivity contribution in [1.82, 2.24) is 20.7 Å². The average Bonchev–Trinajstić information content (AvgIpc) is 3.38. The Morgan fingerprint density at radius 1 is 1.36 bits per heavy atom. The fourth-order valence-corrected chi connectivity index (χ4v) is 4.36. The molecular weight excluding hydrogens is 370 g/mol. The van der Waals surface area contributed by atoms with Gasteiger partial charge in [-0.1, -0.05) is 32.0 Å². The second-order valence-electron chi connectivity index (χ2n) is 7.93. The summed E-state index contributed by atoms with van der Waals surface area (Å²) in [5.74, 6) is 2.81. The van der Waals surface area contributed by atoms with Crippen LogP contribution in [-0.2, 0) is 6.54 Å². The first-order valence-corrected chi connectivity index (χ1v) is 11.1. The molecule has 0 spiro atoms. The highest BCUT2D eigenvalue weighted by atomic mass is 32.1. The standard InChI is InChI=1S/C21H33N5OS/c1-15(2)18-12-17(27-25-18)13-23-21(22-4)24-14-19(20-6-5-11-28-20)26-9-7-16(3)8-10-26/h5-6,11-12,15-16,19H,7-10,13-14H2,1-4H3,(H2,22,23,24). The van der Waals surface area contributed by atoms with E-state index >= 15 is 0 Å². The Morgan fingerprint density at radius 2 is 2.14 bits per heavy atom. The molecule has 0 saturated carbocycles. The van der Waals surface area contributed by atoms with Crippen LogP contribution in [0.15, 0.2) is 33.1 Å². The summed E-state index contributed by atoms with van der Waals surface area (Å²) in [6.45, 7) is 10.3. The third-order valence-corrected chi connectivity index (χ3v) is 6.39. The Morgan fingerprint density at radius 3 is 2.75 bits per heavy atom. The summed E-state index contributed by atoms with van der Waals surface area (Å²) in [7, 11) is 1.80. The van der Waals surface area contributed by atoms with Crippen molar-refractivity contribution in [2.24, 2.45) is 10.9 Å². The van der Waals surface area contributed by atoms with E-state index in [-0.39, 0.29) is 0 Å². The van der Waals surface area contributed by atoms with Crippen molar-refractivity contribution < 1.29 is 4.52 Å². The highest BCUT2D eigenvalue weighted by molar-refractivity contribution is 7.10. The van der Waals surface area contributed by atoms with Crippen molar-refractivity contribution >= 4 is 17.3 Å².